The molecule has 3 aromatic heterocycles. The quantitative estimate of drug-likeness (QED) is 0.442. The van der Waals surface area contributed by atoms with E-state index in [1.54, 1.807) is 47.6 Å². The van der Waals surface area contributed by atoms with E-state index in [1.807, 2.05) is 12.5 Å². The van der Waals surface area contributed by atoms with Crippen LogP contribution >= 0.6 is 23.5 Å². The molecule has 7 nitrogen and oxygen atoms in total. The van der Waals surface area contributed by atoms with Gasteiger partial charge in [0.2, 0.25) is 5.82 Å². The zero-order valence-corrected chi connectivity index (χ0v) is 18.9. The molecule has 0 spiro atoms. The van der Waals surface area contributed by atoms with Crippen LogP contribution in [0.2, 0.25) is 5.02 Å². The molecule has 0 bridgehead atoms. The van der Waals surface area contributed by atoms with E-state index >= 15 is 0 Å². The topological polar surface area (TPSA) is 73.1 Å². The van der Waals surface area contributed by atoms with Crippen LogP contribution in [0.5, 0.6) is 0 Å². The van der Waals surface area contributed by atoms with Crippen LogP contribution in [0.3, 0.4) is 0 Å². The summed E-state index contributed by atoms with van der Waals surface area (Å²) in [4.78, 5) is 28.0. The van der Waals surface area contributed by atoms with Gasteiger partial charge >= 0.3 is 0 Å². The fourth-order valence-electron chi connectivity index (χ4n) is 3.87. The Kier molecular flexibility index (Phi) is 5.82. The van der Waals surface area contributed by atoms with Gasteiger partial charge in [0.1, 0.15) is 0 Å². The fourth-order valence-corrected chi connectivity index (χ4v) is 4.57. The first kappa shape index (κ1) is 20.9. The second-order valence-electron chi connectivity index (χ2n) is 7.39. The van der Waals surface area contributed by atoms with E-state index in [4.69, 9.17) is 16.3 Å². The molecule has 1 atom stereocenters. The van der Waals surface area contributed by atoms with Crippen LogP contribution < -0.4 is 0 Å². The second kappa shape index (κ2) is 8.90. The van der Waals surface area contributed by atoms with Crippen LogP contribution in [0.1, 0.15) is 22.2 Å². The number of pyridine rings is 1. The lowest BCUT2D eigenvalue weighted by atomic mass is 10.0. The summed E-state index contributed by atoms with van der Waals surface area (Å²) in [5.41, 5.74) is 3.50. The standard InChI is InChI=1S/C23H20ClN5O2S/c1-32-29-7-5-15-2-3-16(10-20(15)29)21-14-31-9-8-28(21)23(30)22-26-12-17(13-27-22)19-11-18(24)4-6-25-19/h2-7,10-13,21H,8-9,14H2,1H3. The monoisotopic (exact) mass is 465 g/mol. The number of morpholine rings is 1. The summed E-state index contributed by atoms with van der Waals surface area (Å²) < 4.78 is 7.84. The number of benzene rings is 1. The summed E-state index contributed by atoms with van der Waals surface area (Å²) in [6.45, 7) is 1.39. The first-order valence-electron chi connectivity index (χ1n) is 10.1. The number of amides is 1. The van der Waals surface area contributed by atoms with Crippen LogP contribution in [-0.2, 0) is 4.74 Å². The molecule has 4 aromatic rings. The van der Waals surface area contributed by atoms with Gasteiger partial charge in [0.05, 0.1) is 30.5 Å². The van der Waals surface area contributed by atoms with E-state index in [0.29, 0.717) is 36.0 Å². The number of hydrogen-bond acceptors (Lipinski definition) is 6. The highest BCUT2D eigenvalue weighted by molar-refractivity contribution is 7.97. The Hall–Kier alpha value is -2.94. The molecule has 0 aliphatic carbocycles. The summed E-state index contributed by atoms with van der Waals surface area (Å²) in [6.07, 6.45) is 8.91. The Bertz CT molecular complexity index is 1280. The fraction of sp³-hybridized carbons (Fsp3) is 0.217. The van der Waals surface area contributed by atoms with E-state index < -0.39 is 0 Å². The lowest BCUT2D eigenvalue weighted by Gasteiger charge is -2.35. The summed E-state index contributed by atoms with van der Waals surface area (Å²) >= 11 is 7.68. The number of carbonyl (C=O) groups excluding carboxylic acids is 1. The van der Waals surface area contributed by atoms with E-state index in [1.165, 1.54) is 0 Å². The zero-order valence-electron chi connectivity index (χ0n) is 17.3. The molecule has 162 valence electrons. The lowest BCUT2D eigenvalue weighted by molar-refractivity contribution is -0.00331. The number of ether oxygens (including phenoxy) is 1. The van der Waals surface area contributed by atoms with Gasteiger partial charge in [-0.25, -0.2) is 9.97 Å². The summed E-state index contributed by atoms with van der Waals surface area (Å²) in [5, 5.41) is 1.74. The van der Waals surface area contributed by atoms with Crippen molar-refractivity contribution in [3.63, 3.8) is 0 Å². The predicted octanol–water partition coefficient (Wildman–Crippen LogP) is 4.49. The van der Waals surface area contributed by atoms with E-state index in [2.05, 4.69) is 43.2 Å². The van der Waals surface area contributed by atoms with Gasteiger partial charge in [-0.2, -0.15) is 0 Å². The van der Waals surface area contributed by atoms with Gasteiger partial charge in [0.25, 0.3) is 5.91 Å². The summed E-state index contributed by atoms with van der Waals surface area (Å²) in [7, 11) is 0. The maximum Gasteiger partial charge on any atom is 0.292 e. The molecule has 1 unspecified atom stereocenters. The highest BCUT2D eigenvalue weighted by Crippen LogP contribution is 2.30. The lowest BCUT2D eigenvalue weighted by Crippen LogP contribution is -2.44. The van der Waals surface area contributed by atoms with Crippen molar-refractivity contribution in [2.24, 2.45) is 0 Å². The number of rotatable bonds is 4. The third kappa shape index (κ3) is 3.97. The van der Waals surface area contributed by atoms with Gasteiger partial charge in [0.15, 0.2) is 0 Å². The average molecular weight is 466 g/mol. The van der Waals surface area contributed by atoms with Gasteiger partial charge in [-0.15, -0.1) is 0 Å². The molecular weight excluding hydrogens is 446 g/mol. The largest absolute Gasteiger partial charge is 0.377 e. The van der Waals surface area contributed by atoms with Crippen molar-refractivity contribution in [1.29, 1.82) is 0 Å². The molecule has 1 fully saturated rings. The molecule has 5 rings (SSSR count). The Balaban J connectivity index is 1.43. The minimum atomic E-state index is -0.218. The second-order valence-corrected chi connectivity index (χ2v) is 8.58. The third-order valence-corrected chi connectivity index (χ3v) is 6.46. The molecule has 1 saturated heterocycles. The molecule has 1 amide bonds. The minimum absolute atomic E-state index is 0.149. The first-order valence-corrected chi connectivity index (χ1v) is 11.7. The normalized spacial score (nSPS) is 16.4. The molecule has 1 aliphatic rings. The van der Waals surface area contributed by atoms with Crippen molar-refractivity contribution in [3.05, 3.63) is 77.6 Å². The number of hydrogen-bond donors (Lipinski definition) is 0. The van der Waals surface area contributed by atoms with Crippen molar-refractivity contribution in [2.45, 2.75) is 6.04 Å². The van der Waals surface area contributed by atoms with Crippen molar-refractivity contribution in [3.8, 4) is 11.3 Å². The number of aromatic nitrogens is 4. The molecule has 1 aromatic carbocycles. The van der Waals surface area contributed by atoms with Crippen molar-refractivity contribution in [1.82, 2.24) is 23.8 Å². The van der Waals surface area contributed by atoms with E-state index in [-0.39, 0.29) is 17.8 Å². The molecule has 32 heavy (non-hydrogen) atoms. The molecule has 0 radical (unpaired) electrons. The third-order valence-electron chi connectivity index (χ3n) is 5.51. The maximum atomic E-state index is 13.3. The molecule has 4 heterocycles. The molecule has 0 N–H and O–H groups in total. The van der Waals surface area contributed by atoms with E-state index in [9.17, 15) is 4.79 Å². The molecule has 9 heteroatoms. The van der Waals surface area contributed by atoms with Gasteiger partial charge in [-0.1, -0.05) is 23.7 Å². The first-order chi connectivity index (χ1) is 15.6. The van der Waals surface area contributed by atoms with Crippen molar-refractivity contribution < 1.29 is 9.53 Å². The number of carbonyl (C=O) groups is 1. The van der Waals surface area contributed by atoms with Gasteiger partial charge in [0, 0.05) is 53.6 Å². The molecular formula is C23H20ClN5O2S. The van der Waals surface area contributed by atoms with Gasteiger partial charge in [-0.3, -0.25) is 13.8 Å². The highest BCUT2D eigenvalue weighted by Gasteiger charge is 2.31. The predicted molar refractivity (Wildman–Crippen MR) is 126 cm³/mol. The number of halogens is 1. The number of nitrogens with zero attached hydrogens (tertiary/aromatic N) is 5. The maximum absolute atomic E-state index is 13.3. The Labute approximate surface area is 194 Å². The van der Waals surface area contributed by atoms with Crippen LogP contribution in [0.25, 0.3) is 22.2 Å². The Morgan fingerprint density at radius 3 is 2.78 bits per heavy atom. The SMILES string of the molecule is CSn1ccc2ccc(C3COCCN3C(=O)c3ncc(-c4cc(Cl)ccn4)cn3)cc21. The summed E-state index contributed by atoms with van der Waals surface area (Å²) in [6, 6.07) is 11.6. The zero-order chi connectivity index (χ0) is 22.1. The highest BCUT2D eigenvalue weighted by atomic mass is 35.5. The van der Waals surface area contributed by atoms with E-state index in [0.717, 1.165) is 16.5 Å². The Morgan fingerprint density at radius 1 is 1.16 bits per heavy atom. The van der Waals surface area contributed by atoms with Crippen LogP contribution in [0.4, 0.5) is 0 Å². The van der Waals surface area contributed by atoms with Crippen LogP contribution in [0.15, 0.2) is 61.2 Å². The van der Waals surface area contributed by atoms with Crippen LogP contribution in [-0.4, -0.2) is 55.7 Å². The molecule has 1 aliphatic heterocycles. The Morgan fingerprint density at radius 2 is 2.00 bits per heavy atom. The minimum Gasteiger partial charge on any atom is -0.377 e. The van der Waals surface area contributed by atoms with Crippen molar-refractivity contribution >= 4 is 40.4 Å². The summed E-state index contributed by atoms with van der Waals surface area (Å²) in [5.74, 6) is -0.0690. The number of fused-ring (bicyclic) bond motifs is 1. The smallest absolute Gasteiger partial charge is 0.292 e. The molecule has 0 saturated carbocycles. The van der Waals surface area contributed by atoms with Gasteiger partial charge in [-0.05, 0) is 41.8 Å². The van der Waals surface area contributed by atoms with Crippen molar-refractivity contribution in [2.75, 3.05) is 26.0 Å². The average Bonchev–Trinajstić information content (AvgIpc) is 3.26. The van der Waals surface area contributed by atoms with Gasteiger partial charge < -0.3 is 9.64 Å². The van der Waals surface area contributed by atoms with Crippen LogP contribution in [0, 0.1) is 0 Å².